The highest BCUT2D eigenvalue weighted by atomic mass is 31.2. The fraction of sp³-hybridized carbons (Fsp3) is 0.262. The van der Waals surface area contributed by atoms with E-state index < -0.39 is 15.6 Å². The highest BCUT2D eigenvalue weighted by Gasteiger charge is 2.51. The van der Waals surface area contributed by atoms with E-state index in [0.29, 0.717) is 18.1 Å². The summed E-state index contributed by atoms with van der Waals surface area (Å²) in [5.74, 6) is 0.253. The minimum atomic E-state index is -3.24. The number of methoxy groups -OCH3 is 1. The van der Waals surface area contributed by atoms with Gasteiger partial charge in [0, 0.05) is 23.3 Å². The first-order valence-electron chi connectivity index (χ1n) is 17.1. The number of carbonyl (C=O) groups is 1. The van der Waals surface area contributed by atoms with Crippen LogP contribution >= 0.6 is 7.29 Å². The van der Waals surface area contributed by atoms with Crippen LogP contribution in [0.3, 0.4) is 0 Å². The number of hydrogen-bond acceptors (Lipinski definition) is 4. The third-order valence-electron chi connectivity index (χ3n) is 9.88. The minimum Gasteiger partial charge on any atom is -0.465 e. The maximum Gasteiger partial charge on any atom is 0.337 e. The molecule has 1 aliphatic carbocycles. The van der Waals surface area contributed by atoms with Gasteiger partial charge in [0.25, 0.3) is 8.32 Å². The van der Waals surface area contributed by atoms with Crippen LogP contribution in [-0.2, 0) is 13.7 Å². The van der Waals surface area contributed by atoms with Crippen molar-refractivity contribution in [2.45, 2.75) is 44.7 Å². The van der Waals surface area contributed by atoms with E-state index in [-0.39, 0.29) is 23.0 Å². The minimum absolute atomic E-state index is 0.0951. The van der Waals surface area contributed by atoms with Crippen LogP contribution in [0.4, 0.5) is 0 Å². The molecule has 1 aliphatic rings. The Kier molecular flexibility index (Phi) is 10.5. The number of carbonyl (C=O) groups excluding carboxylic acids is 1. The molecule has 5 aromatic carbocycles. The quantitative estimate of drug-likeness (QED) is 0.0784. The lowest BCUT2D eigenvalue weighted by atomic mass is 10.00. The van der Waals surface area contributed by atoms with Crippen molar-refractivity contribution < 1.29 is 18.5 Å². The van der Waals surface area contributed by atoms with Gasteiger partial charge in [0.1, 0.15) is 0 Å². The molecule has 0 bridgehead atoms. The Morgan fingerprint density at radius 1 is 0.755 bits per heavy atom. The summed E-state index contributed by atoms with van der Waals surface area (Å²) in [7, 11) is -4.51. The molecule has 1 saturated carbocycles. The Hall–Kier alpha value is -4.06. The normalized spacial score (nSPS) is 16.9. The summed E-state index contributed by atoms with van der Waals surface area (Å²) in [4.78, 5) is 12.3. The van der Waals surface area contributed by atoms with E-state index in [1.807, 2.05) is 72.8 Å². The number of benzene rings is 5. The summed E-state index contributed by atoms with van der Waals surface area (Å²) in [6, 6.07) is 48.3. The molecule has 0 amide bonds. The van der Waals surface area contributed by atoms with E-state index in [9.17, 15) is 4.79 Å². The van der Waals surface area contributed by atoms with Crippen molar-refractivity contribution in [3.63, 3.8) is 0 Å². The molecule has 1 fully saturated rings. The van der Waals surface area contributed by atoms with Gasteiger partial charge in [0.2, 0.25) is 7.29 Å². The molecule has 0 heterocycles. The van der Waals surface area contributed by atoms with Crippen molar-refractivity contribution >= 4 is 42.6 Å². The van der Waals surface area contributed by atoms with Gasteiger partial charge in [0.05, 0.1) is 12.7 Å². The smallest absolute Gasteiger partial charge is 0.337 e. The average molecular weight is 688 g/mol. The summed E-state index contributed by atoms with van der Waals surface area (Å²) in [5.41, 5.74) is 1.49. The molecule has 0 spiro atoms. The maximum absolute atomic E-state index is 15.2. The number of ether oxygens (including phenoxy) is 1. The fourth-order valence-electron chi connectivity index (χ4n) is 7.27. The topological polar surface area (TPSA) is 64.6 Å². The molecule has 0 saturated heterocycles. The van der Waals surface area contributed by atoms with Crippen LogP contribution < -0.4 is 26.1 Å². The first kappa shape index (κ1) is 34.8. The molecule has 6 rings (SSSR count). The zero-order valence-corrected chi connectivity index (χ0v) is 30.7. The van der Waals surface area contributed by atoms with E-state index in [2.05, 4.69) is 86.5 Å². The Morgan fingerprint density at radius 3 is 1.67 bits per heavy atom. The largest absolute Gasteiger partial charge is 0.465 e. The lowest BCUT2D eigenvalue weighted by Crippen LogP contribution is -2.66. The standard InChI is InChI=1S/C42H46NO4PSi/c1-42(2,3)49(37-21-13-7-14-22-37,38-23-15-8-16-24-38)47-30-29-34-31-39(34)40(32-25-27-33(28-26-32)41(44)46-4)43-48(45,35-17-9-5-10-18-35)36-19-11-6-12-20-36/h5-28,34,39-40H,29-31H2,1-4H3,(H,43,45)/t34?,39?,40-/m0/s1. The van der Waals surface area contributed by atoms with Gasteiger partial charge in [-0.05, 0) is 82.1 Å². The van der Waals surface area contributed by atoms with Gasteiger partial charge in [-0.25, -0.2) is 4.79 Å². The van der Waals surface area contributed by atoms with E-state index in [1.165, 1.54) is 17.5 Å². The second kappa shape index (κ2) is 14.8. The highest BCUT2D eigenvalue weighted by Crippen LogP contribution is 2.54. The van der Waals surface area contributed by atoms with Crippen molar-refractivity contribution in [2.75, 3.05) is 13.7 Å². The summed E-state index contributed by atoms with van der Waals surface area (Å²) in [6.07, 6.45) is 1.89. The van der Waals surface area contributed by atoms with Crippen molar-refractivity contribution in [1.29, 1.82) is 0 Å². The average Bonchev–Trinajstić information content (AvgIpc) is 3.92. The summed E-state index contributed by atoms with van der Waals surface area (Å²) >= 11 is 0. The number of nitrogens with one attached hydrogen (secondary N) is 1. The monoisotopic (exact) mass is 687 g/mol. The second-order valence-electron chi connectivity index (χ2n) is 14.0. The number of esters is 1. The van der Waals surface area contributed by atoms with E-state index >= 15 is 4.57 Å². The van der Waals surface area contributed by atoms with Gasteiger partial charge < -0.3 is 9.16 Å². The summed E-state index contributed by atoms with van der Waals surface area (Å²) in [5, 5.41) is 7.72. The van der Waals surface area contributed by atoms with Gasteiger partial charge in [0.15, 0.2) is 0 Å². The Bertz CT molecular complexity index is 1780. The van der Waals surface area contributed by atoms with Crippen LogP contribution in [0.2, 0.25) is 5.04 Å². The summed E-state index contributed by atoms with van der Waals surface area (Å²) < 4.78 is 27.4. The van der Waals surface area contributed by atoms with Gasteiger partial charge in [-0.1, -0.05) is 130 Å². The van der Waals surface area contributed by atoms with Gasteiger partial charge in [-0.15, -0.1) is 0 Å². The lowest BCUT2D eigenvalue weighted by Gasteiger charge is -2.43. The van der Waals surface area contributed by atoms with Crippen LogP contribution in [0, 0.1) is 11.8 Å². The zero-order valence-electron chi connectivity index (χ0n) is 28.8. The molecule has 2 unspecified atom stereocenters. The molecule has 3 atom stereocenters. The Morgan fingerprint density at radius 2 is 1.22 bits per heavy atom. The molecule has 5 aromatic rings. The fourth-order valence-corrected chi connectivity index (χ4v) is 14.4. The molecule has 1 N–H and O–H groups in total. The van der Waals surface area contributed by atoms with Crippen LogP contribution in [0.1, 0.15) is 55.6 Å². The van der Waals surface area contributed by atoms with Crippen molar-refractivity contribution in [3.8, 4) is 0 Å². The Labute approximate surface area is 292 Å². The van der Waals surface area contributed by atoms with E-state index in [1.54, 1.807) is 12.1 Å². The third kappa shape index (κ3) is 7.29. The molecular weight excluding hydrogens is 642 g/mol. The van der Waals surface area contributed by atoms with Gasteiger partial charge in [-0.2, -0.15) is 0 Å². The molecule has 252 valence electrons. The highest BCUT2D eigenvalue weighted by molar-refractivity contribution is 7.76. The molecule has 5 nitrogen and oxygen atoms in total. The van der Waals surface area contributed by atoms with Crippen LogP contribution in [0.25, 0.3) is 0 Å². The number of rotatable bonds is 13. The summed E-state index contributed by atoms with van der Waals surface area (Å²) in [6.45, 7) is 7.56. The first-order chi connectivity index (χ1) is 23.7. The lowest BCUT2D eigenvalue weighted by molar-refractivity contribution is 0.0600. The Balaban J connectivity index is 1.30. The van der Waals surface area contributed by atoms with E-state index in [0.717, 1.165) is 29.0 Å². The van der Waals surface area contributed by atoms with Crippen LogP contribution in [0.5, 0.6) is 0 Å². The SMILES string of the molecule is COC(=O)c1ccc([C@H](NP(=O)(c2ccccc2)c2ccccc2)C2CC2CCO[Si](c2ccccc2)(c2ccccc2)C(C)(C)C)cc1. The first-order valence-corrected chi connectivity index (χ1v) is 20.7. The van der Waals surface area contributed by atoms with Gasteiger partial charge >= 0.3 is 5.97 Å². The molecule has 0 aliphatic heterocycles. The van der Waals surface area contributed by atoms with E-state index in [4.69, 9.17) is 9.16 Å². The zero-order chi connectivity index (χ0) is 34.5. The molecule has 0 aromatic heterocycles. The number of hydrogen-bond donors (Lipinski definition) is 1. The maximum atomic E-state index is 15.2. The molecular formula is C42H46NO4PSi. The molecule has 7 heteroatoms. The second-order valence-corrected chi connectivity index (χ2v) is 20.8. The third-order valence-corrected chi connectivity index (χ3v) is 17.6. The van der Waals surface area contributed by atoms with Crippen LogP contribution in [-0.4, -0.2) is 28.0 Å². The van der Waals surface area contributed by atoms with Crippen molar-refractivity contribution in [3.05, 3.63) is 157 Å². The predicted molar refractivity (Wildman–Crippen MR) is 203 cm³/mol. The molecule has 0 radical (unpaired) electrons. The predicted octanol–water partition coefficient (Wildman–Crippen LogP) is 7.64. The van der Waals surface area contributed by atoms with Gasteiger partial charge in [-0.3, -0.25) is 9.65 Å². The molecule has 49 heavy (non-hydrogen) atoms. The van der Waals surface area contributed by atoms with Crippen molar-refractivity contribution in [2.24, 2.45) is 11.8 Å². The van der Waals surface area contributed by atoms with Crippen LogP contribution in [0.15, 0.2) is 146 Å². The van der Waals surface area contributed by atoms with Crippen molar-refractivity contribution in [1.82, 2.24) is 5.09 Å².